The Morgan fingerprint density at radius 3 is 2.87 bits per heavy atom. The van der Waals surface area contributed by atoms with Crippen LogP contribution in [0.15, 0.2) is 17.5 Å². The van der Waals surface area contributed by atoms with Crippen molar-refractivity contribution < 1.29 is 14.3 Å². The lowest BCUT2D eigenvalue weighted by molar-refractivity contribution is -0.127. The van der Waals surface area contributed by atoms with E-state index in [2.05, 4.69) is 24.1 Å². The molecule has 2 aliphatic rings. The summed E-state index contributed by atoms with van der Waals surface area (Å²) in [7, 11) is 0. The van der Waals surface area contributed by atoms with Gasteiger partial charge in [0.1, 0.15) is 6.04 Å². The molecule has 0 radical (unpaired) electrons. The molecule has 2 amide bonds. The van der Waals surface area contributed by atoms with Gasteiger partial charge in [-0.25, -0.2) is 0 Å². The van der Waals surface area contributed by atoms with E-state index in [-0.39, 0.29) is 24.0 Å². The molecule has 0 spiro atoms. The van der Waals surface area contributed by atoms with Crippen LogP contribution in [0.3, 0.4) is 0 Å². The van der Waals surface area contributed by atoms with Crippen molar-refractivity contribution in [3.05, 3.63) is 22.4 Å². The molecule has 0 bridgehead atoms. The Labute approximate surface area is 183 Å². The summed E-state index contributed by atoms with van der Waals surface area (Å²) in [5, 5.41) is 4.81. The van der Waals surface area contributed by atoms with Gasteiger partial charge in [-0.2, -0.15) is 0 Å². The largest absolute Gasteiger partial charge is 0.377 e. The Hall–Kier alpha value is -1.48. The van der Waals surface area contributed by atoms with Crippen molar-refractivity contribution in [2.24, 2.45) is 11.7 Å². The van der Waals surface area contributed by atoms with Crippen LogP contribution in [-0.2, 0) is 9.53 Å². The van der Waals surface area contributed by atoms with E-state index in [1.54, 1.807) is 4.90 Å². The minimum atomic E-state index is -0.468. The van der Waals surface area contributed by atoms with Crippen LogP contribution in [-0.4, -0.2) is 79.1 Å². The smallest absolute Gasteiger partial charge is 0.264 e. The topological polar surface area (TPSA) is 87.9 Å². The summed E-state index contributed by atoms with van der Waals surface area (Å²) in [4.78, 5) is 31.0. The Kier molecular flexibility index (Phi) is 8.68. The van der Waals surface area contributed by atoms with E-state index in [1.807, 2.05) is 17.5 Å². The maximum absolute atomic E-state index is 13.1. The molecule has 3 N–H and O–H groups in total. The Morgan fingerprint density at radius 2 is 2.23 bits per heavy atom. The zero-order valence-corrected chi connectivity index (χ0v) is 19.0. The summed E-state index contributed by atoms with van der Waals surface area (Å²) in [6.45, 7) is 8.57. The fourth-order valence-electron chi connectivity index (χ4n) is 4.52. The Balaban J connectivity index is 1.75. The van der Waals surface area contributed by atoms with E-state index in [1.165, 1.54) is 11.3 Å². The molecular formula is C22H36N4O3S. The molecule has 1 aromatic rings. The first-order valence-corrected chi connectivity index (χ1v) is 12.1. The number of nitrogens with zero attached hydrogens (tertiary/aromatic N) is 2. The van der Waals surface area contributed by atoms with Gasteiger partial charge in [0.2, 0.25) is 5.91 Å². The number of thiophene rings is 1. The maximum Gasteiger partial charge on any atom is 0.264 e. The number of rotatable bonds is 9. The SMILES string of the molecule is CC(C)CN(CC1CCCO1)C1CCN(C(=O)c2cccs2)[C@@H](C(=O)NCCN)C1. The van der Waals surface area contributed by atoms with E-state index in [4.69, 9.17) is 10.5 Å². The number of hydrogen-bond donors (Lipinski definition) is 2. The van der Waals surface area contributed by atoms with Crippen LogP contribution in [0.4, 0.5) is 0 Å². The van der Waals surface area contributed by atoms with E-state index in [0.29, 0.717) is 36.9 Å². The zero-order valence-electron chi connectivity index (χ0n) is 18.2. The standard InChI is InChI=1S/C22H36N4O3S/c1-16(2)14-25(15-18-5-3-11-29-18)17-7-10-26(22(28)20-6-4-12-30-20)19(13-17)21(27)24-9-8-23/h4,6,12,16-19H,3,5,7-11,13-15,23H2,1-2H3,(H,24,27)/t17?,18?,19-/m1/s1. The average Bonchev–Trinajstić information content (AvgIpc) is 3.44. The van der Waals surface area contributed by atoms with Crippen molar-refractivity contribution in [2.75, 3.05) is 39.3 Å². The highest BCUT2D eigenvalue weighted by Crippen LogP contribution is 2.27. The summed E-state index contributed by atoms with van der Waals surface area (Å²) in [5.74, 6) is 0.379. The lowest BCUT2D eigenvalue weighted by Gasteiger charge is -2.43. The van der Waals surface area contributed by atoms with E-state index < -0.39 is 6.04 Å². The van der Waals surface area contributed by atoms with Gasteiger partial charge in [0.25, 0.3) is 5.91 Å². The highest BCUT2D eigenvalue weighted by Gasteiger charge is 2.39. The van der Waals surface area contributed by atoms with Gasteiger partial charge < -0.3 is 20.7 Å². The predicted octanol–water partition coefficient (Wildman–Crippen LogP) is 1.93. The molecule has 7 nitrogen and oxygen atoms in total. The van der Waals surface area contributed by atoms with Crippen molar-refractivity contribution >= 4 is 23.2 Å². The molecule has 30 heavy (non-hydrogen) atoms. The van der Waals surface area contributed by atoms with Crippen molar-refractivity contribution in [2.45, 2.75) is 57.7 Å². The normalized spacial score (nSPS) is 24.6. The molecule has 0 aliphatic carbocycles. The maximum atomic E-state index is 13.1. The van der Waals surface area contributed by atoms with Crippen molar-refractivity contribution in [1.29, 1.82) is 0 Å². The fraction of sp³-hybridized carbons (Fsp3) is 0.727. The van der Waals surface area contributed by atoms with Crippen LogP contribution in [0.5, 0.6) is 0 Å². The summed E-state index contributed by atoms with van der Waals surface area (Å²) in [5.41, 5.74) is 5.58. The number of nitrogens with two attached hydrogens (primary N) is 1. The zero-order chi connectivity index (χ0) is 21.5. The van der Waals surface area contributed by atoms with Gasteiger partial charge in [-0.1, -0.05) is 19.9 Å². The molecule has 2 saturated heterocycles. The molecule has 2 unspecified atom stereocenters. The minimum Gasteiger partial charge on any atom is -0.377 e. The molecule has 168 valence electrons. The highest BCUT2D eigenvalue weighted by atomic mass is 32.1. The number of carbonyl (C=O) groups excluding carboxylic acids is 2. The lowest BCUT2D eigenvalue weighted by atomic mass is 9.93. The van der Waals surface area contributed by atoms with E-state index >= 15 is 0 Å². The number of amides is 2. The van der Waals surface area contributed by atoms with E-state index in [0.717, 1.165) is 39.0 Å². The molecule has 3 rings (SSSR count). The quantitative estimate of drug-likeness (QED) is 0.618. The number of likely N-dealkylation sites (tertiary alicyclic amines) is 1. The molecule has 1 aromatic heterocycles. The van der Waals surface area contributed by atoms with Gasteiger partial charge in [0, 0.05) is 45.4 Å². The fourth-order valence-corrected chi connectivity index (χ4v) is 5.20. The van der Waals surface area contributed by atoms with Crippen LogP contribution in [0, 0.1) is 5.92 Å². The van der Waals surface area contributed by atoms with Crippen LogP contribution >= 0.6 is 11.3 Å². The van der Waals surface area contributed by atoms with Gasteiger partial charge in [-0.15, -0.1) is 11.3 Å². The Bertz CT molecular complexity index is 676. The molecule has 8 heteroatoms. The molecule has 3 atom stereocenters. The van der Waals surface area contributed by atoms with Gasteiger partial charge >= 0.3 is 0 Å². The van der Waals surface area contributed by atoms with Crippen LogP contribution in [0.2, 0.25) is 0 Å². The predicted molar refractivity (Wildman–Crippen MR) is 120 cm³/mol. The number of hydrogen-bond acceptors (Lipinski definition) is 6. The summed E-state index contributed by atoms with van der Waals surface area (Å²) < 4.78 is 5.89. The molecular weight excluding hydrogens is 400 g/mol. The summed E-state index contributed by atoms with van der Waals surface area (Å²) in [6, 6.07) is 3.50. The minimum absolute atomic E-state index is 0.0501. The monoisotopic (exact) mass is 436 g/mol. The summed E-state index contributed by atoms with van der Waals surface area (Å²) in [6.07, 6.45) is 4.02. The third-order valence-electron chi connectivity index (χ3n) is 5.89. The first-order valence-electron chi connectivity index (χ1n) is 11.2. The molecule has 3 heterocycles. The average molecular weight is 437 g/mol. The first kappa shape index (κ1) is 23.2. The second-order valence-corrected chi connectivity index (χ2v) is 9.68. The second kappa shape index (κ2) is 11.2. The van der Waals surface area contributed by atoms with Crippen LogP contribution in [0.25, 0.3) is 0 Å². The molecule has 0 aromatic carbocycles. The van der Waals surface area contributed by atoms with Crippen LogP contribution in [0.1, 0.15) is 49.2 Å². The van der Waals surface area contributed by atoms with Crippen molar-refractivity contribution in [1.82, 2.24) is 15.1 Å². The van der Waals surface area contributed by atoms with Crippen molar-refractivity contribution in [3.8, 4) is 0 Å². The first-order chi connectivity index (χ1) is 14.5. The number of nitrogens with one attached hydrogen (secondary N) is 1. The number of carbonyl (C=O) groups is 2. The van der Waals surface area contributed by atoms with Crippen molar-refractivity contribution in [3.63, 3.8) is 0 Å². The highest BCUT2D eigenvalue weighted by molar-refractivity contribution is 7.12. The second-order valence-electron chi connectivity index (χ2n) is 8.73. The van der Waals surface area contributed by atoms with Gasteiger partial charge in [0.15, 0.2) is 0 Å². The lowest BCUT2D eigenvalue weighted by Crippen LogP contribution is -2.58. The number of ether oxygens (including phenoxy) is 1. The van der Waals surface area contributed by atoms with Gasteiger partial charge in [-0.05, 0) is 43.0 Å². The third kappa shape index (κ3) is 6.03. The Morgan fingerprint density at radius 1 is 1.40 bits per heavy atom. The van der Waals surface area contributed by atoms with Crippen LogP contribution < -0.4 is 11.1 Å². The summed E-state index contributed by atoms with van der Waals surface area (Å²) >= 11 is 1.42. The van der Waals surface area contributed by atoms with Gasteiger partial charge in [-0.3, -0.25) is 14.5 Å². The molecule has 0 saturated carbocycles. The molecule has 2 aliphatic heterocycles. The number of piperidine rings is 1. The third-order valence-corrected chi connectivity index (χ3v) is 6.75. The molecule has 2 fully saturated rings. The van der Waals surface area contributed by atoms with E-state index in [9.17, 15) is 9.59 Å². The van der Waals surface area contributed by atoms with Gasteiger partial charge in [0.05, 0.1) is 11.0 Å².